The van der Waals surface area contributed by atoms with Crippen molar-refractivity contribution in [1.29, 1.82) is 0 Å². The van der Waals surface area contributed by atoms with Gasteiger partial charge in [0, 0.05) is 37.9 Å². The quantitative estimate of drug-likeness (QED) is 0.186. The van der Waals surface area contributed by atoms with E-state index < -0.39 is 0 Å². The van der Waals surface area contributed by atoms with Gasteiger partial charge in [0.05, 0.1) is 50.3 Å². The zero-order valence-electron chi connectivity index (χ0n) is 28.1. The Kier molecular flexibility index (Phi) is 5.65. The van der Waals surface area contributed by atoms with Gasteiger partial charge in [0.1, 0.15) is 16.9 Å². The summed E-state index contributed by atoms with van der Waals surface area (Å²) in [7, 11) is 0. The van der Waals surface area contributed by atoms with E-state index in [2.05, 4.69) is 94.1 Å². The molecule has 7 aromatic carbocycles. The van der Waals surface area contributed by atoms with Gasteiger partial charge in [0.25, 0.3) is 0 Å². The second kappa shape index (κ2) is 10.6. The maximum atomic E-state index is 6.62. The highest BCUT2D eigenvalue weighted by Crippen LogP contribution is 2.44. The summed E-state index contributed by atoms with van der Waals surface area (Å²) in [5, 5.41) is 6.58. The van der Waals surface area contributed by atoms with Crippen LogP contribution >= 0.6 is 0 Å². The van der Waals surface area contributed by atoms with E-state index in [9.17, 15) is 0 Å². The first kappa shape index (κ1) is 28.3. The third-order valence-corrected chi connectivity index (χ3v) is 10.6. The molecule has 0 atom stereocenters. The molecule has 0 N–H and O–H groups in total. The van der Waals surface area contributed by atoms with Gasteiger partial charge >= 0.3 is 0 Å². The predicted molar refractivity (Wildman–Crippen MR) is 214 cm³/mol. The summed E-state index contributed by atoms with van der Waals surface area (Å²) in [5.41, 5.74) is 10.7. The van der Waals surface area contributed by atoms with Crippen molar-refractivity contribution in [3.8, 4) is 22.9 Å². The van der Waals surface area contributed by atoms with Crippen LogP contribution in [-0.2, 0) is 0 Å². The average Bonchev–Trinajstić information content (AvgIpc) is 3.88. The Labute approximate surface area is 301 Å². The maximum absolute atomic E-state index is 6.62. The van der Waals surface area contributed by atoms with E-state index >= 15 is 0 Å². The molecule has 0 aliphatic heterocycles. The summed E-state index contributed by atoms with van der Waals surface area (Å²) in [4.78, 5) is 20.9. The lowest BCUT2D eigenvalue weighted by Gasteiger charge is -2.15. The first-order valence-corrected chi connectivity index (χ1v) is 17.7. The number of nitrogens with zero attached hydrogens (tertiary/aromatic N) is 6. The second-order valence-corrected chi connectivity index (χ2v) is 13.4. The highest BCUT2D eigenvalue weighted by Gasteiger charge is 2.26. The molecule has 0 unspecified atom stereocenters. The van der Waals surface area contributed by atoms with E-state index in [1.807, 2.05) is 72.9 Å². The minimum Gasteiger partial charge on any atom is -0.455 e. The number of rotatable bonds is 3. The van der Waals surface area contributed by atoms with Crippen molar-refractivity contribution in [2.75, 3.05) is 0 Å². The third-order valence-electron chi connectivity index (χ3n) is 10.6. The second-order valence-electron chi connectivity index (χ2n) is 13.4. The molecule has 5 heterocycles. The van der Waals surface area contributed by atoms with Gasteiger partial charge in [-0.15, -0.1) is 0 Å². The van der Waals surface area contributed by atoms with Crippen LogP contribution in [0.1, 0.15) is 0 Å². The molecule has 0 spiro atoms. The van der Waals surface area contributed by atoms with Gasteiger partial charge in [0.2, 0.25) is 0 Å². The molecule has 12 rings (SSSR count). The third kappa shape index (κ3) is 3.93. The van der Waals surface area contributed by atoms with Crippen LogP contribution in [0, 0.1) is 0 Å². The summed E-state index contributed by atoms with van der Waals surface area (Å²) >= 11 is 0. The molecule has 0 bridgehead atoms. The van der Waals surface area contributed by atoms with Gasteiger partial charge < -0.3 is 4.42 Å². The standard InChI is InChI=1S/C46H26N6O/c1-8-21-38-27(12-1)30-24-25-31-28-13-2-9-22-39(28)52(44(31)43(30)51(38)41-26-47-34-17-4-5-18-35(34)48-41)46-42(49-36-19-6-7-20-37(36)50-46)33-16-11-15-32-29-14-3-10-23-40(29)53-45(32)33/h1-26H. The first-order chi connectivity index (χ1) is 26.3. The molecule has 0 amide bonds. The highest BCUT2D eigenvalue weighted by molar-refractivity contribution is 6.24. The number of aromatic nitrogens is 6. The lowest BCUT2D eigenvalue weighted by atomic mass is 10.1. The summed E-state index contributed by atoms with van der Waals surface area (Å²) in [5.74, 6) is 1.47. The molecule has 53 heavy (non-hydrogen) atoms. The monoisotopic (exact) mass is 678 g/mol. The summed E-state index contributed by atoms with van der Waals surface area (Å²) in [6, 6.07) is 52.1. The smallest absolute Gasteiger partial charge is 0.165 e. The van der Waals surface area contributed by atoms with E-state index in [-0.39, 0.29) is 0 Å². The molecular weight excluding hydrogens is 653 g/mol. The Morgan fingerprint density at radius 3 is 1.74 bits per heavy atom. The maximum Gasteiger partial charge on any atom is 0.165 e. The van der Waals surface area contributed by atoms with Crippen molar-refractivity contribution in [1.82, 2.24) is 29.1 Å². The Bertz CT molecular complexity index is 3480. The number of fused-ring (bicyclic) bond motifs is 12. The number of para-hydroxylation sites is 8. The minimum atomic E-state index is 0.719. The zero-order chi connectivity index (χ0) is 34.6. The van der Waals surface area contributed by atoms with Crippen molar-refractivity contribution < 1.29 is 4.42 Å². The fraction of sp³-hybridized carbons (Fsp3) is 0. The lowest BCUT2D eigenvalue weighted by molar-refractivity contribution is 0.669. The number of benzene rings is 7. The lowest BCUT2D eigenvalue weighted by Crippen LogP contribution is -2.05. The molecule has 7 nitrogen and oxygen atoms in total. The first-order valence-electron chi connectivity index (χ1n) is 17.7. The molecule has 0 radical (unpaired) electrons. The topological polar surface area (TPSA) is 74.6 Å². The fourth-order valence-electron chi connectivity index (χ4n) is 8.27. The molecular formula is C46H26N6O. The molecule has 12 aromatic rings. The molecule has 0 saturated carbocycles. The van der Waals surface area contributed by atoms with E-state index in [1.165, 1.54) is 0 Å². The van der Waals surface area contributed by atoms with Gasteiger partial charge in [-0.1, -0.05) is 103 Å². The van der Waals surface area contributed by atoms with Crippen molar-refractivity contribution in [3.63, 3.8) is 0 Å². The highest BCUT2D eigenvalue weighted by atomic mass is 16.3. The Balaban J connectivity index is 1.29. The van der Waals surface area contributed by atoms with Crippen LogP contribution < -0.4 is 0 Å². The Hall–Kier alpha value is -7.38. The van der Waals surface area contributed by atoms with Gasteiger partial charge in [-0.05, 0) is 48.5 Å². The number of furan rings is 1. The van der Waals surface area contributed by atoms with Crippen LogP contribution in [0.5, 0.6) is 0 Å². The molecule has 7 heteroatoms. The van der Waals surface area contributed by atoms with Gasteiger partial charge in [-0.25, -0.2) is 15.0 Å². The van der Waals surface area contributed by atoms with E-state index in [0.29, 0.717) is 0 Å². The molecule has 0 aliphatic carbocycles. The summed E-state index contributed by atoms with van der Waals surface area (Å²) in [6.45, 7) is 0. The van der Waals surface area contributed by atoms with Crippen molar-refractivity contribution >= 4 is 87.6 Å². The molecule has 5 aromatic heterocycles. The van der Waals surface area contributed by atoms with Crippen LogP contribution in [-0.4, -0.2) is 29.1 Å². The predicted octanol–water partition coefficient (Wildman–Crippen LogP) is 11.3. The van der Waals surface area contributed by atoms with Gasteiger partial charge in [-0.2, -0.15) is 0 Å². The minimum absolute atomic E-state index is 0.719. The Morgan fingerprint density at radius 1 is 0.415 bits per heavy atom. The normalized spacial score (nSPS) is 12.2. The Morgan fingerprint density at radius 2 is 0.981 bits per heavy atom. The largest absolute Gasteiger partial charge is 0.455 e. The van der Waals surface area contributed by atoms with Crippen LogP contribution in [0.4, 0.5) is 0 Å². The molecule has 246 valence electrons. The van der Waals surface area contributed by atoms with Crippen molar-refractivity contribution in [2.24, 2.45) is 0 Å². The van der Waals surface area contributed by atoms with E-state index in [0.717, 1.165) is 111 Å². The SMILES string of the molecule is c1ccc2nc(-n3c4ccccc4c4ccc5c6ccccc6n(-c6nc7ccccc7nc6-c6cccc7c6oc6ccccc67)c5c43)cnc2c1. The average molecular weight is 679 g/mol. The van der Waals surface area contributed by atoms with Crippen LogP contribution in [0.25, 0.3) is 111 Å². The molecule has 0 saturated heterocycles. The van der Waals surface area contributed by atoms with Crippen LogP contribution in [0.2, 0.25) is 0 Å². The van der Waals surface area contributed by atoms with Crippen molar-refractivity contribution in [3.05, 3.63) is 158 Å². The van der Waals surface area contributed by atoms with Gasteiger partial charge in [0.15, 0.2) is 11.6 Å². The van der Waals surface area contributed by atoms with E-state index in [1.54, 1.807) is 0 Å². The van der Waals surface area contributed by atoms with E-state index in [4.69, 9.17) is 24.4 Å². The van der Waals surface area contributed by atoms with Crippen LogP contribution in [0.3, 0.4) is 0 Å². The molecule has 0 aliphatic rings. The fourth-order valence-corrected chi connectivity index (χ4v) is 8.27. The summed E-state index contributed by atoms with van der Waals surface area (Å²) in [6.07, 6.45) is 1.88. The van der Waals surface area contributed by atoms with Crippen molar-refractivity contribution in [2.45, 2.75) is 0 Å². The van der Waals surface area contributed by atoms with Crippen LogP contribution in [0.15, 0.2) is 162 Å². The summed E-state index contributed by atoms with van der Waals surface area (Å²) < 4.78 is 11.2. The molecule has 0 fully saturated rings. The number of hydrogen-bond donors (Lipinski definition) is 0. The zero-order valence-corrected chi connectivity index (χ0v) is 28.1. The van der Waals surface area contributed by atoms with Gasteiger partial charge in [-0.3, -0.25) is 14.1 Å². The number of hydrogen-bond acceptors (Lipinski definition) is 5.